The third kappa shape index (κ3) is 3.35. The molecule has 0 saturated carbocycles. The molecule has 0 fully saturated rings. The minimum atomic E-state index is -3.77. The summed E-state index contributed by atoms with van der Waals surface area (Å²) in [6, 6.07) is 17.0. The number of nitrogens with zero attached hydrogens (tertiary/aromatic N) is 1. The van der Waals surface area contributed by atoms with Crippen LogP contribution in [0.5, 0.6) is 5.75 Å². The van der Waals surface area contributed by atoms with Crippen LogP contribution < -0.4 is 9.46 Å². The van der Waals surface area contributed by atoms with E-state index in [0.717, 1.165) is 5.56 Å². The molecule has 0 aliphatic rings. The van der Waals surface area contributed by atoms with Gasteiger partial charge in [-0.3, -0.25) is 4.72 Å². The minimum Gasteiger partial charge on any atom is -0.497 e. The first-order chi connectivity index (χ1) is 11.1. The largest absolute Gasteiger partial charge is 0.497 e. The molecule has 0 aliphatic carbocycles. The van der Waals surface area contributed by atoms with Crippen LogP contribution in [0.2, 0.25) is 0 Å². The van der Waals surface area contributed by atoms with Crippen LogP contribution >= 0.6 is 0 Å². The van der Waals surface area contributed by atoms with Gasteiger partial charge in [-0.25, -0.2) is 8.42 Å². The topological polar surface area (TPSA) is 81.4 Å². The summed E-state index contributed by atoms with van der Waals surface area (Å²) in [5.74, 6) is 1.05. The van der Waals surface area contributed by atoms with E-state index in [1.54, 1.807) is 12.1 Å². The van der Waals surface area contributed by atoms with E-state index in [1.165, 1.54) is 25.3 Å². The first-order valence-electron chi connectivity index (χ1n) is 6.77. The maximum atomic E-state index is 12.4. The Kier molecular flexibility index (Phi) is 4.03. The Morgan fingerprint density at radius 3 is 2.57 bits per heavy atom. The summed E-state index contributed by atoms with van der Waals surface area (Å²) in [6.07, 6.45) is 0. The number of sulfonamides is 1. The SMILES string of the molecule is COc1cccc(S(=O)(=O)Nc2cc(-c3ccccc3)on2)c1. The van der Waals surface area contributed by atoms with Gasteiger partial charge in [0.05, 0.1) is 12.0 Å². The van der Waals surface area contributed by atoms with Crippen molar-refractivity contribution in [3.05, 3.63) is 60.7 Å². The van der Waals surface area contributed by atoms with Gasteiger partial charge in [0.2, 0.25) is 0 Å². The number of benzene rings is 2. The Morgan fingerprint density at radius 1 is 1.04 bits per heavy atom. The predicted octanol–water partition coefficient (Wildman–Crippen LogP) is 3.15. The molecule has 3 aromatic rings. The fourth-order valence-corrected chi connectivity index (χ4v) is 3.05. The molecule has 0 saturated heterocycles. The predicted molar refractivity (Wildman–Crippen MR) is 85.7 cm³/mol. The molecule has 0 atom stereocenters. The molecule has 118 valence electrons. The highest BCUT2D eigenvalue weighted by molar-refractivity contribution is 7.92. The minimum absolute atomic E-state index is 0.0844. The molecule has 0 spiro atoms. The monoisotopic (exact) mass is 330 g/mol. The molecule has 1 heterocycles. The summed E-state index contributed by atoms with van der Waals surface area (Å²) < 4.78 is 37.3. The average Bonchev–Trinajstić information content (AvgIpc) is 3.03. The van der Waals surface area contributed by atoms with Crippen LogP contribution in [0.4, 0.5) is 5.82 Å². The van der Waals surface area contributed by atoms with Crippen LogP contribution in [0.25, 0.3) is 11.3 Å². The van der Waals surface area contributed by atoms with Crippen molar-refractivity contribution in [3.63, 3.8) is 0 Å². The number of aromatic nitrogens is 1. The molecule has 6 nitrogen and oxygen atoms in total. The fourth-order valence-electron chi connectivity index (χ4n) is 2.03. The lowest BCUT2D eigenvalue weighted by molar-refractivity contribution is 0.413. The van der Waals surface area contributed by atoms with Crippen LogP contribution in [0.15, 0.2) is 70.1 Å². The first-order valence-corrected chi connectivity index (χ1v) is 8.26. The zero-order valence-corrected chi connectivity index (χ0v) is 13.1. The molecule has 3 rings (SSSR count). The van der Waals surface area contributed by atoms with Crippen molar-refractivity contribution < 1.29 is 17.7 Å². The van der Waals surface area contributed by atoms with Gasteiger partial charge in [-0.15, -0.1) is 0 Å². The lowest BCUT2D eigenvalue weighted by Gasteiger charge is -2.06. The van der Waals surface area contributed by atoms with E-state index in [0.29, 0.717) is 11.5 Å². The lowest BCUT2D eigenvalue weighted by Crippen LogP contribution is -2.13. The van der Waals surface area contributed by atoms with Gasteiger partial charge in [-0.05, 0) is 12.1 Å². The standard InChI is InChI=1S/C16H14N2O4S/c1-21-13-8-5-9-14(10-13)23(19,20)18-16-11-15(22-17-16)12-6-3-2-4-7-12/h2-11H,1H3,(H,17,18). The summed E-state index contributed by atoms with van der Waals surface area (Å²) in [4.78, 5) is 0.0844. The van der Waals surface area contributed by atoms with Crippen molar-refractivity contribution in [2.75, 3.05) is 11.8 Å². The van der Waals surface area contributed by atoms with E-state index in [1.807, 2.05) is 30.3 Å². The normalized spacial score (nSPS) is 11.2. The van der Waals surface area contributed by atoms with Crippen LogP contribution in [-0.2, 0) is 10.0 Å². The van der Waals surface area contributed by atoms with E-state index in [2.05, 4.69) is 9.88 Å². The summed E-state index contributed by atoms with van der Waals surface area (Å²) in [5, 5.41) is 3.75. The number of rotatable bonds is 5. The molecular weight excluding hydrogens is 316 g/mol. The van der Waals surface area contributed by atoms with Crippen molar-refractivity contribution in [2.24, 2.45) is 0 Å². The van der Waals surface area contributed by atoms with Crippen LogP contribution in [-0.4, -0.2) is 20.7 Å². The van der Waals surface area contributed by atoms with Gasteiger partial charge >= 0.3 is 0 Å². The van der Waals surface area contributed by atoms with Gasteiger partial charge in [0.25, 0.3) is 10.0 Å². The molecule has 0 aliphatic heterocycles. The second-order valence-corrected chi connectivity index (χ2v) is 6.41. The molecule has 2 aromatic carbocycles. The smallest absolute Gasteiger partial charge is 0.263 e. The van der Waals surface area contributed by atoms with Crippen LogP contribution in [0, 0.1) is 0 Å². The quantitative estimate of drug-likeness (QED) is 0.777. The van der Waals surface area contributed by atoms with E-state index in [9.17, 15) is 8.42 Å². The maximum Gasteiger partial charge on any atom is 0.263 e. The third-order valence-corrected chi connectivity index (χ3v) is 4.51. The number of methoxy groups -OCH3 is 1. The van der Waals surface area contributed by atoms with Crippen LogP contribution in [0.1, 0.15) is 0 Å². The van der Waals surface area contributed by atoms with Crippen molar-refractivity contribution in [1.29, 1.82) is 0 Å². The number of hydrogen-bond donors (Lipinski definition) is 1. The summed E-state index contributed by atoms with van der Waals surface area (Å²) in [5.41, 5.74) is 0.812. The second kappa shape index (κ2) is 6.13. The maximum absolute atomic E-state index is 12.4. The highest BCUT2D eigenvalue weighted by atomic mass is 32.2. The van der Waals surface area contributed by atoms with Crippen molar-refractivity contribution in [2.45, 2.75) is 4.90 Å². The van der Waals surface area contributed by atoms with Gasteiger partial charge < -0.3 is 9.26 Å². The van der Waals surface area contributed by atoms with Gasteiger partial charge in [-0.1, -0.05) is 41.6 Å². The number of anilines is 1. The molecule has 0 unspecified atom stereocenters. The van der Waals surface area contributed by atoms with Crippen molar-refractivity contribution in [3.8, 4) is 17.1 Å². The fraction of sp³-hybridized carbons (Fsp3) is 0.0625. The Balaban J connectivity index is 1.85. The number of ether oxygens (including phenoxy) is 1. The number of hydrogen-bond acceptors (Lipinski definition) is 5. The Labute approximate surface area is 133 Å². The van der Waals surface area contributed by atoms with Gasteiger partial charge in [0, 0.05) is 17.7 Å². The van der Waals surface area contributed by atoms with E-state index in [-0.39, 0.29) is 10.7 Å². The second-order valence-electron chi connectivity index (χ2n) is 4.73. The van der Waals surface area contributed by atoms with E-state index < -0.39 is 10.0 Å². The Morgan fingerprint density at radius 2 is 1.83 bits per heavy atom. The molecule has 7 heteroatoms. The van der Waals surface area contributed by atoms with Crippen molar-refractivity contribution >= 4 is 15.8 Å². The van der Waals surface area contributed by atoms with Gasteiger partial charge in [0.15, 0.2) is 11.6 Å². The Hall–Kier alpha value is -2.80. The van der Waals surface area contributed by atoms with Crippen LogP contribution in [0.3, 0.4) is 0 Å². The van der Waals surface area contributed by atoms with Crippen molar-refractivity contribution in [1.82, 2.24) is 5.16 Å². The highest BCUT2D eigenvalue weighted by Crippen LogP contribution is 2.24. The molecule has 1 aromatic heterocycles. The van der Waals surface area contributed by atoms with Gasteiger partial charge in [0.1, 0.15) is 5.75 Å². The summed E-state index contributed by atoms with van der Waals surface area (Å²) in [6.45, 7) is 0. The Bertz CT molecular complexity index is 905. The summed E-state index contributed by atoms with van der Waals surface area (Å²) in [7, 11) is -2.29. The highest BCUT2D eigenvalue weighted by Gasteiger charge is 2.17. The average molecular weight is 330 g/mol. The first kappa shape index (κ1) is 15.1. The van der Waals surface area contributed by atoms with Gasteiger partial charge in [-0.2, -0.15) is 0 Å². The molecule has 0 amide bonds. The molecule has 0 bridgehead atoms. The third-order valence-electron chi connectivity index (χ3n) is 3.16. The van der Waals surface area contributed by atoms with E-state index in [4.69, 9.17) is 9.26 Å². The summed E-state index contributed by atoms with van der Waals surface area (Å²) >= 11 is 0. The molecule has 23 heavy (non-hydrogen) atoms. The van der Waals surface area contributed by atoms with E-state index >= 15 is 0 Å². The molecule has 0 radical (unpaired) electrons. The lowest BCUT2D eigenvalue weighted by atomic mass is 10.2. The number of nitrogens with one attached hydrogen (secondary N) is 1. The molecule has 1 N–H and O–H groups in total. The molecular formula is C16H14N2O4S. The zero-order chi connectivity index (χ0) is 16.3. The zero-order valence-electron chi connectivity index (χ0n) is 12.3.